The van der Waals surface area contributed by atoms with Crippen LogP contribution in [-0.2, 0) is 14.3 Å². The number of aliphatic hydroxyl groups is 2. The summed E-state index contributed by atoms with van der Waals surface area (Å²) < 4.78 is 5.89. The van der Waals surface area contributed by atoms with Crippen LogP contribution in [0.25, 0.3) is 0 Å². The van der Waals surface area contributed by atoms with E-state index < -0.39 is 11.7 Å². The monoisotopic (exact) mass is 487 g/mol. The number of carbonyl (C=O) groups excluding carboxylic acids is 2. The zero-order chi connectivity index (χ0) is 25.2. The Morgan fingerprint density at radius 3 is 2.63 bits per heavy atom. The summed E-state index contributed by atoms with van der Waals surface area (Å²) in [6, 6.07) is 0.00952. The predicted molar refractivity (Wildman–Crippen MR) is 133 cm³/mol. The zero-order valence-corrected chi connectivity index (χ0v) is 22.1. The molecule has 6 heteroatoms. The van der Waals surface area contributed by atoms with Crippen LogP contribution in [-0.4, -0.2) is 63.8 Å². The quantitative estimate of drug-likeness (QED) is 0.612. The molecule has 1 heterocycles. The third kappa shape index (κ3) is 3.76. The van der Waals surface area contributed by atoms with E-state index in [0.29, 0.717) is 25.8 Å². The van der Waals surface area contributed by atoms with Gasteiger partial charge in [0.1, 0.15) is 0 Å². The van der Waals surface area contributed by atoms with E-state index in [4.69, 9.17) is 4.74 Å². The Morgan fingerprint density at radius 2 is 1.94 bits per heavy atom. The lowest BCUT2D eigenvalue weighted by molar-refractivity contribution is -0.145. The maximum Gasteiger partial charge on any atom is 0.222 e. The smallest absolute Gasteiger partial charge is 0.222 e. The number of nitrogens with zero attached hydrogens (tertiary/aromatic N) is 1. The second-order valence-electron chi connectivity index (χ2n) is 12.8. The maximum atomic E-state index is 13.3. The van der Waals surface area contributed by atoms with Crippen molar-refractivity contribution in [2.75, 3.05) is 13.2 Å². The number of hydrogen-bond acceptors (Lipinski definition) is 5. The molecule has 196 valence electrons. The lowest BCUT2D eigenvalue weighted by Gasteiger charge is -2.60. The zero-order valence-electron chi connectivity index (χ0n) is 22.1. The van der Waals surface area contributed by atoms with Gasteiger partial charge in [-0.1, -0.05) is 20.8 Å². The average Bonchev–Trinajstić information content (AvgIpc) is 3.44. The molecule has 35 heavy (non-hydrogen) atoms. The van der Waals surface area contributed by atoms with Gasteiger partial charge in [0.05, 0.1) is 17.8 Å². The van der Waals surface area contributed by atoms with Crippen LogP contribution in [0.3, 0.4) is 0 Å². The number of carbonyl (C=O) groups is 2. The van der Waals surface area contributed by atoms with Crippen LogP contribution < -0.4 is 0 Å². The van der Waals surface area contributed by atoms with Crippen molar-refractivity contribution in [1.82, 2.24) is 4.90 Å². The molecule has 6 nitrogen and oxygen atoms in total. The number of fused-ring (bicyclic) bond motifs is 5. The molecule has 0 bridgehead atoms. The second-order valence-corrected chi connectivity index (χ2v) is 12.8. The van der Waals surface area contributed by atoms with Gasteiger partial charge in [0.2, 0.25) is 5.91 Å². The molecular formula is C29H45NO5. The van der Waals surface area contributed by atoms with Gasteiger partial charge in [-0.25, -0.2) is 0 Å². The van der Waals surface area contributed by atoms with E-state index in [0.717, 1.165) is 57.1 Å². The topological polar surface area (TPSA) is 87.1 Å². The van der Waals surface area contributed by atoms with E-state index in [2.05, 4.69) is 20.8 Å². The summed E-state index contributed by atoms with van der Waals surface area (Å²) in [5, 5.41) is 22.7. The van der Waals surface area contributed by atoms with Crippen LogP contribution in [0.1, 0.15) is 91.9 Å². The SMILES string of the molecule is CCC(=O)N(CC1CCCO1)C(C)C1CC[C@@]2(O)C3=CC(=O)C4CC(O)CCC4(C)C3CCC12C. The Balaban J connectivity index is 1.45. The van der Waals surface area contributed by atoms with Gasteiger partial charge < -0.3 is 19.8 Å². The predicted octanol–water partition coefficient (Wildman–Crippen LogP) is 4.03. The maximum absolute atomic E-state index is 13.3. The lowest BCUT2D eigenvalue weighted by atomic mass is 9.46. The van der Waals surface area contributed by atoms with Gasteiger partial charge in [0.15, 0.2) is 5.78 Å². The summed E-state index contributed by atoms with van der Waals surface area (Å²) in [6.45, 7) is 9.92. The molecule has 2 N–H and O–H groups in total. The highest BCUT2D eigenvalue weighted by Gasteiger charge is 2.66. The fraction of sp³-hybridized carbons (Fsp3) is 0.862. The molecular weight excluding hydrogens is 442 g/mol. The lowest BCUT2D eigenvalue weighted by Crippen LogP contribution is -2.60. The first kappa shape index (κ1) is 25.4. The first-order valence-corrected chi connectivity index (χ1v) is 14.1. The van der Waals surface area contributed by atoms with Gasteiger partial charge in [-0.3, -0.25) is 9.59 Å². The van der Waals surface area contributed by atoms with E-state index in [-0.39, 0.29) is 52.4 Å². The molecule has 0 spiro atoms. The van der Waals surface area contributed by atoms with Crippen molar-refractivity contribution in [3.63, 3.8) is 0 Å². The van der Waals surface area contributed by atoms with Gasteiger partial charge in [-0.2, -0.15) is 0 Å². The Bertz CT molecular complexity index is 896. The Labute approximate surface area is 210 Å². The van der Waals surface area contributed by atoms with Crippen LogP contribution in [0.4, 0.5) is 0 Å². The number of allylic oxidation sites excluding steroid dienone is 1. The van der Waals surface area contributed by atoms with E-state index >= 15 is 0 Å². The van der Waals surface area contributed by atoms with Crippen LogP contribution in [0, 0.1) is 28.6 Å². The highest BCUT2D eigenvalue weighted by atomic mass is 16.5. The molecule has 8 unspecified atom stereocenters. The third-order valence-corrected chi connectivity index (χ3v) is 11.3. The molecule has 1 amide bonds. The fourth-order valence-corrected chi connectivity index (χ4v) is 9.05. The van der Waals surface area contributed by atoms with Gasteiger partial charge in [-0.05, 0) is 93.6 Å². The number of amides is 1. The summed E-state index contributed by atoms with van der Waals surface area (Å²) in [5.41, 5.74) is -0.631. The minimum Gasteiger partial charge on any atom is -0.393 e. The minimum atomic E-state index is -1.01. The van der Waals surface area contributed by atoms with Crippen molar-refractivity contribution in [3.8, 4) is 0 Å². The van der Waals surface area contributed by atoms with E-state index in [9.17, 15) is 19.8 Å². The minimum absolute atomic E-state index is 0.00952. The van der Waals surface area contributed by atoms with Crippen LogP contribution in [0.5, 0.6) is 0 Å². The van der Waals surface area contributed by atoms with E-state index in [1.807, 2.05) is 11.8 Å². The Kier molecular flexibility index (Phi) is 6.50. The van der Waals surface area contributed by atoms with Crippen LogP contribution in [0.15, 0.2) is 11.6 Å². The first-order chi connectivity index (χ1) is 16.5. The molecule has 4 fully saturated rings. The molecule has 9 atom stereocenters. The molecule has 5 rings (SSSR count). The van der Waals surface area contributed by atoms with E-state index in [1.165, 1.54) is 0 Å². The van der Waals surface area contributed by atoms with E-state index in [1.54, 1.807) is 6.08 Å². The van der Waals surface area contributed by atoms with Crippen molar-refractivity contribution < 1.29 is 24.5 Å². The van der Waals surface area contributed by atoms with Crippen LogP contribution in [0.2, 0.25) is 0 Å². The molecule has 1 aliphatic heterocycles. The van der Waals surface area contributed by atoms with Gasteiger partial charge in [0.25, 0.3) is 0 Å². The van der Waals surface area contributed by atoms with Crippen molar-refractivity contribution >= 4 is 11.7 Å². The molecule has 0 aromatic rings. The molecule has 3 saturated carbocycles. The number of ether oxygens (including phenoxy) is 1. The number of rotatable bonds is 5. The Hall–Kier alpha value is -1.24. The normalized spacial score (nSPS) is 45.8. The molecule has 1 saturated heterocycles. The molecule has 0 aromatic carbocycles. The average molecular weight is 488 g/mol. The van der Waals surface area contributed by atoms with Crippen molar-refractivity contribution in [3.05, 3.63) is 11.6 Å². The molecule has 0 radical (unpaired) electrons. The number of ketones is 1. The van der Waals surface area contributed by atoms with Crippen molar-refractivity contribution in [1.29, 1.82) is 0 Å². The largest absolute Gasteiger partial charge is 0.393 e. The standard InChI is InChI=1S/C29H45NO5/c1-5-26(33)30(17-20-7-6-14-35-20)18(2)21-10-13-29(34)23-16-25(32)24-15-19(31)8-11-27(24,3)22(23)9-12-28(21,29)4/h16,18-22,24,31,34H,5-15,17H2,1-4H3/t18?,19?,20?,21?,22?,24?,27?,28?,29-/m1/s1. The van der Waals surface area contributed by atoms with Gasteiger partial charge >= 0.3 is 0 Å². The number of hydrogen-bond donors (Lipinski definition) is 2. The number of aliphatic hydroxyl groups excluding tert-OH is 1. The second kappa shape index (κ2) is 8.95. The third-order valence-electron chi connectivity index (χ3n) is 11.3. The van der Waals surface area contributed by atoms with Crippen LogP contribution >= 0.6 is 0 Å². The van der Waals surface area contributed by atoms with Crippen molar-refractivity contribution in [2.24, 2.45) is 28.6 Å². The summed E-state index contributed by atoms with van der Waals surface area (Å²) in [6.07, 6.45) is 9.46. The highest BCUT2D eigenvalue weighted by molar-refractivity contribution is 5.95. The van der Waals surface area contributed by atoms with Gasteiger partial charge in [-0.15, -0.1) is 0 Å². The molecule has 5 aliphatic rings. The Morgan fingerprint density at radius 1 is 1.17 bits per heavy atom. The first-order valence-electron chi connectivity index (χ1n) is 14.1. The highest BCUT2D eigenvalue weighted by Crippen LogP contribution is 2.67. The molecule has 0 aromatic heterocycles. The fourth-order valence-electron chi connectivity index (χ4n) is 9.05. The molecule has 4 aliphatic carbocycles. The van der Waals surface area contributed by atoms with Crippen molar-refractivity contribution in [2.45, 2.75) is 116 Å². The summed E-state index contributed by atoms with van der Waals surface area (Å²) in [5.74, 6) is 0.454. The summed E-state index contributed by atoms with van der Waals surface area (Å²) in [7, 11) is 0. The summed E-state index contributed by atoms with van der Waals surface area (Å²) >= 11 is 0. The van der Waals surface area contributed by atoms with Gasteiger partial charge in [0, 0.05) is 36.9 Å². The summed E-state index contributed by atoms with van der Waals surface area (Å²) in [4.78, 5) is 28.5.